The lowest BCUT2D eigenvalue weighted by molar-refractivity contribution is -0.137. The lowest BCUT2D eigenvalue weighted by Crippen LogP contribution is -2.51. The fourth-order valence-corrected chi connectivity index (χ4v) is 3.19. The number of hydrogen-bond acceptors (Lipinski definition) is 3. The van der Waals surface area contributed by atoms with Gasteiger partial charge in [-0.05, 0) is 48.2 Å². The number of aliphatic hydroxyl groups excluding tert-OH is 1. The molecule has 0 aliphatic carbocycles. The zero-order valence-electron chi connectivity index (χ0n) is 17.6. The zero-order chi connectivity index (χ0) is 23.0. The Balaban J connectivity index is 2.09. The molecule has 2 aromatic rings. The highest BCUT2D eigenvalue weighted by atomic mass is 19.4. The summed E-state index contributed by atoms with van der Waals surface area (Å²) in [4.78, 5) is 26.8. The molecule has 2 N–H and O–H groups in total. The zero-order valence-corrected chi connectivity index (χ0v) is 17.6. The van der Waals surface area contributed by atoms with E-state index in [1.165, 1.54) is 24.3 Å². The van der Waals surface area contributed by atoms with Crippen molar-refractivity contribution in [2.75, 3.05) is 19.7 Å². The van der Waals surface area contributed by atoms with E-state index in [9.17, 15) is 27.9 Å². The van der Waals surface area contributed by atoms with Crippen LogP contribution < -0.4 is 5.32 Å². The van der Waals surface area contributed by atoms with Crippen LogP contribution in [-0.4, -0.2) is 47.6 Å². The first kappa shape index (κ1) is 24.4. The van der Waals surface area contributed by atoms with Crippen molar-refractivity contribution >= 4 is 11.8 Å². The van der Waals surface area contributed by atoms with Crippen LogP contribution in [0.1, 0.15) is 42.6 Å². The van der Waals surface area contributed by atoms with Crippen LogP contribution in [-0.2, 0) is 11.0 Å². The topological polar surface area (TPSA) is 69.6 Å². The first-order valence-electron chi connectivity index (χ1n) is 10.2. The molecule has 2 amide bonds. The van der Waals surface area contributed by atoms with Gasteiger partial charge in [0.15, 0.2) is 0 Å². The third-order valence-corrected chi connectivity index (χ3v) is 4.78. The fourth-order valence-electron chi connectivity index (χ4n) is 3.19. The van der Waals surface area contributed by atoms with Gasteiger partial charge >= 0.3 is 6.18 Å². The molecule has 2 rings (SSSR count). The number of halogens is 3. The summed E-state index contributed by atoms with van der Waals surface area (Å²) < 4.78 is 38.1. The van der Waals surface area contributed by atoms with Crippen molar-refractivity contribution in [3.63, 3.8) is 0 Å². The predicted octanol–water partition coefficient (Wildman–Crippen LogP) is 4.11. The molecule has 0 unspecified atom stereocenters. The lowest BCUT2D eigenvalue weighted by Gasteiger charge is -2.26. The summed E-state index contributed by atoms with van der Waals surface area (Å²) in [6.07, 6.45) is -2.86. The maximum absolute atomic E-state index is 12.7. The van der Waals surface area contributed by atoms with E-state index in [0.717, 1.165) is 25.0 Å². The van der Waals surface area contributed by atoms with Gasteiger partial charge in [0.05, 0.1) is 12.2 Å². The van der Waals surface area contributed by atoms with Crippen LogP contribution in [0.3, 0.4) is 0 Å². The number of aliphatic hydroxyl groups is 1. The van der Waals surface area contributed by atoms with Gasteiger partial charge in [-0.15, -0.1) is 0 Å². The highest BCUT2D eigenvalue weighted by Crippen LogP contribution is 2.31. The standard InChI is InChI=1S/C23H27F3N2O3/c1-3-13-28(14-4-2)22(31)20(15-29)27-21(30)18-7-5-16(6-8-18)17-9-11-19(12-10-17)23(24,25)26/h5-12,20,29H,3-4,13-15H2,1-2H3,(H,27,30)/t20-/m0/s1. The van der Waals surface area contributed by atoms with Crippen LogP contribution in [0.5, 0.6) is 0 Å². The molecular weight excluding hydrogens is 409 g/mol. The monoisotopic (exact) mass is 436 g/mol. The van der Waals surface area contributed by atoms with Gasteiger partial charge in [-0.3, -0.25) is 9.59 Å². The van der Waals surface area contributed by atoms with Gasteiger partial charge in [-0.1, -0.05) is 38.1 Å². The molecule has 31 heavy (non-hydrogen) atoms. The van der Waals surface area contributed by atoms with Gasteiger partial charge in [0.25, 0.3) is 5.91 Å². The van der Waals surface area contributed by atoms with Crippen LogP contribution in [0, 0.1) is 0 Å². The highest BCUT2D eigenvalue weighted by molar-refractivity contribution is 5.98. The summed E-state index contributed by atoms with van der Waals surface area (Å²) >= 11 is 0. The Morgan fingerprint density at radius 2 is 1.42 bits per heavy atom. The summed E-state index contributed by atoms with van der Waals surface area (Å²) in [5.74, 6) is -0.847. The Labute approximate surface area is 179 Å². The van der Waals surface area contributed by atoms with Gasteiger partial charge < -0.3 is 15.3 Å². The van der Waals surface area contributed by atoms with E-state index in [-0.39, 0.29) is 11.5 Å². The van der Waals surface area contributed by atoms with Crippen LogP contribution >= 0.6 is 0 Å². The van der Waals surface area contributed by atoms with Crippen molar-refractivity contribution in [2.24, 2.45) is 0 Å². The van der Waals surface area contributed by atoms with Crippen molar-refractivity contribution < 1.29 is 27.9 Å². The minimum Gasteiger partial charge on any atom is -0.394 e. The second-order valence-corrected chi connectivity index (χ2v) is 7.19. The van der Waals surface area contributed by atoms with E-state index < -0.39 is 30.3 Å². The molecule has 2 aromatic carbocycles. The average Bonchev–Trinajstić information content (AvgIpc) is 2.76. The van der Waals surface area contributed by atoms with Crippen LogP contribution in [0.15, 0.2) is 48.5 Å². The predicted molar refractivity (Wildman–Crippen MR) is 112 cm³/mol. The highest BCUT2D eigenvalue weighted by Gasteiger charge is 2.30. The van der Waals surface area contributed by atoms with Crippen LogP contribution in [0.4, 0.5) is 13.2 Å². The largest absolute Gasteiger partial charge is 0.416 e. The van der Waals surface area contributed by atoms with Crippen molar-refractivity contribution in [3.8, 4) is 11.1 Å². The Bertz CT molecular complexity index is 859. The van der Waals surface area contributed by atoms with E-state index in [4.69, 9.17) is 0 Å². The van der Waals surface area contributed by atoms with Gasteiger partial charge in [0.2, 0.25) is 5.91 Å². The van der Waals surface area contributed by atoms with Crippen molar-refractivity contribution in [1.29, 1.82) is 0 Å². The minimum absolute atomic E-state index is 0.277. The molecule has 0 aromatic heterocycles. The Morgan fingerprint density at radius 3 is 1.84 bits per heavy atom. The molecule has 0 radical (unpaired) electrons. The molecular formula is C23H27F3N2O3. The molecule has 8 heteroatoms. The molecule has 0 bridgehead atoms. The van der Waals surface area contributed by atoms with Crippen molar-refractivity contribution in [3.05, 3.63) is 59.7 Å². The maximum Gasteiger partial charge on any atom is 0.416 e. The summed E-state index contributed by atoms with van der Waals surface area (Å²) in [7, 11) is 0. The number of amides is 2. The number of rotatable bonds is 9. The molecule has 0 aliphatic rings. The number of benzene rings is 2. The third kappa shape index (κ3) is 6.55. The number of hydrogen-bond donors (Lipinski definition) is 2. The normalized spacial score (nSPS) is 12.3. The number of nitrogens with zero attached hydrogens (tertiary/aromatic N) is 1. The number of carbonyl (C=O) groups excluding carboxylic acids is 2. The quantitative estimate of drug-likeness (QED) is 0.622. The summed E-state index contributed by atoms with van der Waals surface area (Å²) in [6, 6.07) is 10.00. The molecule has 5 nitrogen and oxygen atoms in total. The van der Waals surface area contributed by atoms with E-state index in [1.807, 2.05) is 13.8 Å². The van der Waals surface area contributed by atoms with E-state index >= 15 is 0 Å². The Hall–Kier alpha value is -2.87. The molecule has 0 heterocycles. The first-order valence-corrected chi connectivity index (χ1v) is 10.2. The summed E-state index contributed by atoms with van der Waals surface area (Å²) in [5.41, 5.74) is 0.780. The average molecular weight is 436 g/mol. The Morgan fingerprint density at radius 1 is 0.935 bits per heavy atom. The Kier molecular flexibility index (Phi) is 8.62. The third-order valence-electron chi connectivity index (χ3n) is 4.78. The van der Waals surface area contributed by atoms with Gasteiger partial charge in [0.1, 0.15) is 6.04 Å². The van der Waals surface area contributed by atoms with E-state index in [2.05, 4.69) is 5.32 Å². The van der Waals surface area contributed by atoms with E-state index in [1.54, 1.807) is 17.0 Å². The number of nitrogens with one attached hydrogen (secondary N) is 1. The van der Waals surface area contributed by atoms with Crippen molar-refractivity contribution in [1.82, 2.24) is 10.2 Å². The summed E-state index contributed by atoms with van der Waals surface area (Å²) in [5, 5.41) is 12.2. The van der Waals surface area contributed by atoms with Gasteiger partial charge in [-0.25, -0.2) is 0 Å². The van der Waals surface area contributed by atoms with E-state index in [0.29, 0.717) is 24.2 Å². The summed E-state index contributed by atoms with van der Waals surface area (Å²) in [6.45, 7) is 4.46. The smallest absolute Gasteiger partial charge is 0.394 e. The molecule has 0 aliphatic heterocycles. The van der Waals surface area contributed by atoms with Crippen LogP contribution in [0.25, 0.3) is 11.1 Å². The van der Waals surface area contributed by atoms with Crippen molar-refractivity contribution in [2.45, 2.75) is 38.9 Å². The minimum atomic E-state index is -4.40. The molecule has 0 saturated heterocycles. The second-order valence-electron chi connectivity index (χ2n) is 7.19. The SMILES string of the molecule is CCCN(CCC)C(=O)[C@H](CO)NC(=O)c1ccc(-c2ccc(C(F)(F)F)cc2)cc1. The fraction of sp³-hybridized carbons (Fsp3) is 0.391. The second kappa shape index (κ2) is 10.9. The van der Waals surface area contributed by atoms with Crippen LogP contribution in [0.2, 0.25) is 0 Å². The number of alkyl halides is 3. The molecule has 0 spiro atoms. The molecule has 0 fully saturated rings. The number of carbonyl (C=O) groups is 2. The van der Waals surface area contributed by atoms with Gasteiger partial charge in [0, 0.05) is 18.7 Å². The molecule has 0 saturated carbocycles. The molecule has 168 valence electrons. The lowest BCUT2D eigenvalue weighted by atomic mass is 10.0. The molecule has 1 atom stereocenters. The maximum atomic E-state index is 12.7. The van der Waals surface area contributed by atoms with Gasteiger partial charge in [-0.2, -0.15) is 13.2 Å². The first-order chi connectivity index (χ1) is 14.7.